The quantitative estimate of drug-likeness (QED) is 0.487. The predicted molar refractivity (Wildman–Crippen MR) is 110 cm³/mol. The number of aryl methyl sites for hydroxylation is 1. The summed E-state index contributed by atoms with van der Waals surface area (Å²) in [6.45, 7) is 4.29. The topological polar surface area (TPSA) is 116 Å². The molecule has 0 atom stereocenters. The van der Waals surface area contributed by atoms with Gasteiger partial charge in [0.1, 0.15) is 16.5 Å². The highest BCUT2D eigenvalue weighted by atomic mass is 35.5. The first kappa shape index (κ1) is 20.4. The van der Waals surface area contributed by atoms with E-state index in [2.05, 4.69) is 26.8 Å². The molecule has 3 rings (SSSR count). The molecule has 0 fully saturated rings. The zero-order valence-electron chi connectivity index (χ0n) is 16.3. The van der Waals surface area contributed by atoms with Gasteiger partial charge in [0.25, 0.3) is 0 Å². The minimum Gasteiger partial charge on any atom is -0.496 e. The molecule has 3 aromatic rings. The van der Waals surface area contributed by atoms with E-state index in [9.17, 15) is 4.79 Å². The Hall–Kier alpha value is -3.31. The number of nitrogens with two attached hydrogens (primary N) is 1. The lowest BCUT2D eigenvalue weighted by Gasteiger charge is -2.13. The summed E-state index contributed by atoms with van der Waals surface area (Å²) in [4.78, 5) is 23.6. The van der Waals surface area contributed by atoms with E-state index in [4.69, 9.17) is 27.2 Å². The maximum atomic E-state index is 10.7. The number of methoxy groups -OCH3 is 1. The molecule has 3 N–H and O–H groups in total. The summed E-state index contributed by atoms with van der Waals surface area (Å²) in [5.74, 6) is 5.77. The van der Waals surface area contributed by atoms with Gasteiger partial charge in [-0.15, -0.1) is 0 Å². The van der Waals surface area contributed by atoms with Gasteiger partial charge in [0, 0.05) is 29.9 Å². The zero-order valence-corrected chi connectivity index (χ0v) is 17.0. The molecule has 0 amide bonds. The molecule has 9 heteroatoms. The van der Waals surface area contributed by atoms with Crippen LogP contribution in [0.5, 0.6) is 5.75 Å². The van der Waals surface area contributed by atoms with Gasteiger partial charge in [0.15, 0.2) is 0 Å². The van der Waals surface area contributed by atoms with E-state index < -0.39 is 5.97 Å². The number of carboxylic acid groups (broad SMARTS) is 1. The number of aromatic nitrogens is 4. The Morgan fingerprint density at radius 3 is 2.83 bits per heavy atom. The van der Waals surface area contributed by atoms with Crippen LogP contribution in [0.2, 0.25) is 5.15 Å². The van der Waals surface area contributed by atoms with Crippen LogP contribution in [-0.4, -0.2) is 37.7 Å². The Bertz CT molecular complexity index is 1160. The van der Waals surface area contributed by atoms with Gasteiger partial charge in [0.2, 0.25) is 5.95 Å². The third-order valence-electron chi connectivity index (χ3n) is 4.45. The number of fused-ring (bicyclic) bond motifs is 1. The summed E-state index contributed by atoms with van der Waals surface area (Å²) >= 11 is 6.30. The molecule has 150 valence electrons. The van der Waals surface area contributed by atoms with E-state index >= 15 is 0 Å². The van der Waals surface area contributed by atoms with Crippen molar-refractivity contribution in [2.45, 2.75) is 33.2 Å². The van der Waals surface area contributed by atoms with Crippen LogP contribution in [-0.2, 0) is 11.3 Å². The molecule has 0 aromatic carbocycles. The molecular formula is C20H20ClN5O3. The maximum absolute atomic E-state index is 10.7. The summed E-state index contributed by atoms with van der Waals surface area (Å²) in [6.07, 6.45) is 3.75. The summed E-state index contributed by atoms with van der Waals surface area (Å²) < 4.78 is 7.34. The van der Waals surface area contributed by atoms with Crippen LogP contribution < -0.4 is 10.5 Å². The van der Waals surface area contributed by atoms with E-state index in [0.29, 0.717) is 23.1 Å². The normalized spacial score (nSPS) is 10.6. The van der Waals surface area contributed by atoms with E-state index in [-0.39, 0.29) is 23.9 Å². The summed E-state index contributed by atoms with van der Waals surface area (Å²) in [5.41, 5.74) is 9.61. The highest BCUT2D eigenvalue weighted by Crippen LogP contribution is 2.29. The molecule has 0 saturated heterocycles. The minimum atomic E-state index is -0.897. The van der Waals surface area contributed by atoms with E-state index in [1.807, 2.05) is 18.4 Å². The van der Waals surface area contributed by atoms with Crippen LogP contribution in [0.3, 0.4) is 0 Å². The molecule has 0 spiro atoms. The lowest BCUT2D eigenvalue weighted by Crippen LogP contribution is -2.07. The Morgan fingerprint density at radius 1 is 1.38 bits per heavy atom. The van der Waals surface area contributed by atoms with Gasteiger partial charge in [-0.25, -0.2) is 4.98 Å². The molecular weight excluding hydrogens is 394 g/mol. The first-order valence-corrected chi connectivity index (χ1v) is 9.21. The molecule has 0 aliphatic carbocycles. The Morgan fingerprint density at radius 2 is 2.14 bits per heavy atom. The number of ether oxygens (including phenoxy) is 1. The lowest BCUT2D eigenvalue weighted by atomic mass is 10.1. The number of hydrogen-bond donors (Lipinski definition) is 2. The number of anilines is 1. The fourth-order valence-electron chi connectivity index (χ4n) is 3.09. The van der Waals surface area contributed by atoms with Gasteiger partial charge in [0.05, 0.1) is 36.7 Å². The average molecular weight is 414 g/mol. The molecule has 0 aliphatic rings. The van der Waals surface area contributed by atoms with Crippen LogP contribution in [0.25, 0.3) is 11.0 Å². The third-order valence-corrected chi connectivity index (χ3v) is 4.72. The molecule has 0 aliphatic heterocycles. The second-order valence-corrected chi connectivity index (χ2v) is 6.84. The van der Waals surface area contributed by atoms with E-state index in [1.165, 1.54) is 0 Å². The van der Waals surface area contributed by atoms with Crippen molar-refractivity contribution in [1.82, 2.24) is 19.5 Å². The van der Waals surface area contributed by atoms with Crippen molar-refractivity contribution in [3.63, 3.8) is 0 Å². The Kier molecular flexibility index (Phi) is 5.89. The molecule has 3 heterocycles. The van der Waals surface area contributed by atoms with Gasteiger partial charge < -0.3 is 20.1 Å². The SMILES string of the molecule is COc1c(C)cnc(Cn2cc(C#CCCC(=O)O)c3c(Cl)nc(N)nc32)c1C. The second-order valence-electron chi connectivity index (χ2n) is 6.48. The number of nitrogens with zero attached hydrogens (tertiary/aromatic N) is 4. The average Bonchev–Trinajstić information content (AvgIpc) is 2.99. The number of aliphatic carboxylic acids is 1. The first-order chi connectivity index (χ1) is 13.8. The minimum absolute atomic E-state index is 0.0326. The predicted octanol–water partition coefficient (Wildman–Crippen LogP) is 2.95. The molecule has 0 unspecified atom stereocenters. The molecule has 29 heavy (non-hydrogen) atoms. The van der Waals surface area contributed by atoms with Crippen LogP contribution in [0, 0.1) is 25.7 Å². The van der Waals surface area contributed by atoms with Crippen molar-refractivity contribution >= 4 is 34.6 Å². The van der Waals surface area contributed by atoms with Crippen LogP contribution >= 0.6 is 11.6 Å². The fourth-order valence-corrected chi connectivity index (χ4v) is 3.37. The number of carbonyl (C=O) groups is 1. The lowest BCUT2D eigenvalue weighted by molar-refractivity contribution is -0.136. The molecule has 8 nitrogen and oxygen atoms in total. The number of hydrogen-bond acceptors (Lipinski definition) is 6. The Balaban J connectivity index is 2.08. The number of carboxylic acids is 1. The van der Waals surface area contributed by atoms with Crippen LogP contribution in [0.15, 0.2) is 12.4 Å². The fraction of sp³-hybridized carbons (Fsp3) is 0.300. The smallest absolute Gasteiger partial charge is 0.304 e. The summed E-state index contributed by atoms with van der Waals surface area (Å²) in [5, 5.41) is 9.53. The number of pyridine rings is 1. The number of nitrogen functional groups attached to an aromatic ring is 1. The number of halogens is 1. The Labute approximate surface area is 172 Å². The summed E-state index contributed by atoms with van der Waals surface area (Å²) in [6, 6.07) is 0. The van der Waals surface area contributed by atoms with Crippen molar-refractivity contribution in [3.05, 3.63) is 39.9 Å². The van der Waals surface area contributed by atoms with Crippen molar-refractivity contribution < 1.29 is 14.6 Å². The van der Waals surface area contributed by atoms with Gasteiger partial charge >= 0.3 is 5.97 Å². The highest BCUT2D eigenvalue weighted by molar-refractivity contribution is 6.34. The second kappa shape index (κ2) is 8.37. The molecule has 0 bridgehead atoms. The van der Waals surface area contributed by atoms with Gasteiger partial charge in [-0.2, -0.15) is 4.98 Å². The largest absolute Gasteiger partial charge is 0.496 e. The van der Waals surface area contributed by atoms with Crippen molar-refractivity contribution in [2.75, 3.05) is 12.8 Å². The molecule has 0 saturated carbocycles. The van der Waals surface area contributed by atoms with Crippen LogP contribution in [0.1, 0.15) is 35.2 Å². The van der Waals surface area contributed by atoms with E-state index in [1.54, 1.807) is 19.5 Å². The molecule has 0 radical (unpaired) electrons. The summed E-state index contributed by atoms with van der Waals surface area (Å²) in [7, 11) is 1.63. The van der Waals surface area contributed by atoms with Gasteiger partial charge in [-0.3, -0.25) is 9.78 Å². The van der Waals surface area contributed by atoms with Gasteiger partial charge in [-0.1, -0.05) is 23.4 Å². The van der Waals surface area contributed by atoms with Crippen molar-refractivity contribution in [3.8, 4) is 17.6 Å². The standard InChI is InChI=1S/C20H20ClN5O3/c1-11-8-23-14(12(2)17(11)29-3)10-26-9-13(6-4-5-7-15(27)28)16-18(21)24-20(22)25-19(16)26/h8-9H,5,7,10H2,1-3H3,(H,27,28)(H2,22,24,25). The highest BCUT2D eigenvalue weighted by Gasteiger charge is 2.17. The maximum Gasteiger partial charge on any atom is 0.304 e. The van der Waals surface area contributed by atoms with Crippen LogP contribution in [0.4, 0.5) is 5.95 Å². The molecule has 3 aromatic heterocycles. The monoisotopic (exact) mass is 413 g/mol. The first-order valence-electron chi connectivity index (χ1n) is 8.83. The van der Waals surface area contributed by atoms with Gasteiger partial charge in [-0.05, 0) is 13.8 Å². The van der Waals surface area contributed by atoms with Crippen molar-refractivity contribution in [1.29, 1.82) is 0 Å². The van der Waals surface area contributed by atoms with E-state index in [0.717, 1.165) is 22.6 Å². The third kappa shape index (κ3) is 4.25. The number of rotatable bonds is 5. The van der Waals surface area contributed by atoms with Crippen molar-refractivity contribution in [2.24, 2.45) is 0 Å². The zero-order chi connectivity index (χ0) is 21.1.